The van der Waals surface area contributed by atoms with Crippen LogP contribution in [0.3, 0.4) is 0 Å². The van der Waals surface area contributed by atoms with Gasteiger partial charge in [-0.1, -0.05) is 18.2 Å². The van der Waals surface area contributed by atoms with Gasteiger partial charge in [0, 0.05) is 13.1 Å². The number of benzene rings is 1. The van der Waals surface area contributed by atoms with Crippen molar-refractivity contribution in [2.75, 3.05) is 13.1 Å². The van der Waals surface area contributed by atoms with Crippen LogP contribution in [-0.2, 0) is 4.79 Å². The molecule has 1 fully saturated rings. The van der Waals surface area contributed by atoms with Gasteiger partial charge >= 0.3 is 0 Å². The quantitative estimate of drug-likeness (QED) is 0.837. The number of nitriles is 1. The lowest BCUT2D eigenvalue weighted by Crippen LogP contribution is -2.48. The SMILES string of the molecule is N#CC1(C(=O)N2CC=C(c3ccc(F)cc3)CC2)CCC1. The monoisotopic (exact) mass is 284 g/mol. The van der Waals surface area contributed by atoms with E-state index < -0.39 is 5.41 Å². The molecular weight excluding hydrogens is 267 g/mol. The molecule has 2 aliphatic rings. The van der Waals surface area contributed by atoms with E-state index in [0.717, 1.165) is 24.0 Å². The van der Waals surface area contributed by atoms with E-state index in [2.05, 4.69) is 6.07 Å². The normalized spacial score (nSPS) is 20.2. The Morgan fingerprint density at radius 1 is 1.29 bits per heavy atom. The maximum absolute atomic E-state index is 12.9. The Labute approximate surface area is 123 Å². The predicted octanol–water partition coefficient (Wildman–Crippen LogP) is 3.14. The predicted molar refractivity (Wildman–Crippen MR) is 77.5 cm³/mol. The van der Waals surface area contributed by atoms with Gasteiger partial charge in [-0.05, 0) is 49.0 Å². The molecule has 3 rings (SSSR count). The van der Waals surface area contributed by atoms with E-state index in [0.29, 0.717) is 25.9 Å². The molecule has 3 nitrogen and oxygen atoms in total. The van der Waals surface area contributed by atoms with E-state index in [-0.39, 0.29) is 11.7 Å². The Hall–Kier alpha value is -2.15. The first kappa shape index (κ1) is 13.8. The Kier molecular flexibility index (Phi) is 3.50. The van der Waals surface area contributed by atoms with E-state index in [1.165, 1.54) is 12.1 Å². The summed E-state index contributed by atoms with van der Waals surface area (Å²) in [5, 5.41) is 9.25. The fraction of sp³-hybridized carbons (Fsp3) is 0.412. The van der Waals surface area contributed by atoms with Crippen molar-refractivity contribution in [2.24, 2.45) is 5.41 Å². The molecule has 1 aliphatic carbocycles. The molecule has 108 valence electrons. The first-order valence-electron chi connectivity index (χ1n) is 7.30. The van der Waals surface area contributed by atoms with E-state index in [1.807, 2.05) is 6.08 Å². The third kappa shape index (κ3) is 2.44. The van der Waals surface area contributed by atoms with Crippen LogP contribution in [0.1, 0.15) is 31.2 Å². The highest BCUT2D eigenvalue weighted by Crippen LogP contribution is 2.42. The van der Waals surface area contributed by atoms with Gasteiger partial charge in [-0.3, -0.25) is 4.79 Å². The number of carbonyl (C=O) groups excluding carboxylic acids is 1. The van der Waals surface area contributed by atoms with Crippen LogP contribution in [0.5, 0.6) is 0 Å². The molecule has 1 heterocycles. The van der Waals surface area contributed by atoms with Crippen LogP contribution >= 0.6 is 0 Å². The first-order valence-corrected chi connectivity index (χ1v) is 7.30. The van der Waals surface area contributed by atoms with Gasteiger partial charge in [0.05, 0.1) is 6.07 Å². The van der Waals surface area contributed by atoms with E-state index in [1.54, 1.807) is 17.0 Å². The molecular formula is C17H17FN2O. The molecule has 0 N–H and O–H groups in total. The Morgan fingerprint density at radius 2 is 2.00 bits per heavy atom. The zero-order chi connectivity index (χ0) is 14.9. The van der Waals surface area contributed by atoms with E-state index in [4.69, 9.17) is 0 Å². The molecule has 0 unspecified atom stereocenters. The second-order valence-corrected chi connectivity index (χ2v) is 5.78. The topological polar surface area (TPSA) is 44.1 Å². The van der Waals surface area contributed by atoms with Crippen LogP contribution in [0.15, 0.2) is 30.3 Å². The van der Waals surface area contributed by atoms with E-state index >= 15 is 0 Å². The zero-order valence-electron chi connectivity index (χ0n) is 11.8. The molecule has 4 heteroatoms. The third-order valence-corrected chi connectivity index (χ3v) is 4.54. The molecule has 0 spiro atoms. The van der Waals surface area contributed by atoms with Gasteiger partial charge in [-0.2, -0.15) is 5.26 Å². The van der Waals surface area contributed by atoms with Crippen molar-refractivity contribution >= 4 is 11.5 Å². The van der Waals surface area contributed by atoms with Gasteiger partial charge < -0.3 is 4.90 Å². The summed E-state index contributed by atoms with van der Waals surface area (Å²) in [6, 6.07) is 8.64. The molecule has 0 aromatic heterocycles. The average molecular weight is 284 g/mol. The van der Waals surface area contributed by atoms with Crippen LogP contribution in [0, 0.1) is 22.6 Å². The zero-order valence-corrected chi connectivity index (χ0v) is 11.8. The smallest absolute Gasteiger partial charge is 0.243 e. The second-order valence-electron chi connectivity index (χ2n) is 5.78. The minimum Gasteiger partial charge on any atom is -0.337 e. The van der Waals surface area contributed by atoms with Crippen molar-refractivity contribution in [2.45, 2.75) is 25.7 Å². The molecule has 0 radical (unpaired) electrons. The summed E-state index contributed by atoms with van der Waals surface area (Å²) >= 11 is 0. The van der Waals surface area contributed by atoms with Gasteiger partial charge in [-0.15, -0.1) is 0 Å². The lowest BCUT2D eigenvalue weighted by atomic mass is 9.69. The Morgan fingerprint density at radius 3 is 2.48 bits per heavy atom. The van der Waals surface area contributed by atoms with Crippen molar-refractivity contribution in [3.8, 4) is 6.07 Å². The molecule has 1 aliphatic heterocycles. The molecule has 1 aromatic carbocycles. The minimum atomic E-state index is -0.763. The molecule has 1 saturated carbocycles. The van der Waals surface area contributed by atoms with Crippen LogP contribution < -0.4 is 0 Å². The van der Waals surface area contributed by atoms with Gasteiger partial charge in [0.1, 0.15) is 11.2 Å². The minimum absolute atomic E-state index is 0.0225. The number of hydrogen-bond donors (Lipinski definition) is 0. The van der Waals surface area contributed by atoms with Crippen molar-refractivity contribution in [1.82, 2.24) is 4.90 Å². The number of halogens is 1. The standard InChI is InChI=1S/C17H17FN2O/c18-15-4-2-13(3-5-15)14-6-10-20(11-7-14)16(21)17(12-19)8-1-9-17/h2-6H,1,7-11H2. The van der Waals surface area contributed by atoms with Crippen molar-refractivity contribution in [3.63, 3.8) is 0 Å². The van der Waals surface area contributed by atoms with Crippen LogP contribution in [0.25, 0.3) is 5.57 Å². The van der Waals surface area contributed by atoms with Crippen LogP contribution in [0.4, 0.5) is 4.39 Å². The number of hydrogen-bond acceptors (Lipinski definition) is 2. The summed E-state index contributed by atoms with van der Waals surface area (Å²) in [6.07, 6.45) is 5.10. The third-order valence-electron chi connectivity index (χ3n) is 4.54. The summed E-state index contributed by atoms with van der Waals surface area (Å²) in [5.41, 5.74) is 1.38. The molecule has 1 amide bonds. The molecule has 0 saturated heterocycles. The largest absolute Gasteiger partial charge is 0.337 e. The fourth-order valence-electron chi connectivity index (χ4n) is 2.99. The van der Waals surface area contributed by atoms with Gasteiger partial charge in [-0.25, -0.2) is 4.39 Å². The summed E-state index contributed by atoms with van der Waals surface area (Å²) < 4.78 is 12.9. The number of rotatable bonds is 2. The number of carbonyl (C=O) groups is 1. The number of nitrogens with zero attached hydrogens (tertiary/aromatic N) is 2. The fourth-order valence-corrected chi connectivity index (χ4v) is 2.99. The highest BCUT2D eigenvalue weighted by molar-refractivity contribution is 5.87. The maximum atomic E-state index is 12.9. The average Bonchev–Trinajstić information content (AvgIpc) is 2.48. The number of amides is 1. The Balaban J connectivity index is 1.71. The van der Waals surface area contributed by atoms with Gasteiger partial charge in [0.2, 0.25) is 5.91 Å². The van der Waals surface area contributed by atoms with Crippen LogP contribution in [-0.4, -0.2) is 23.9 Å². The molecule has 21 heavy (non-hydrogen) atoms. The Bertz CT molecular complexity index is 623. The summed E-state index contributed by atoms with van der Waals surface area (Å²) in [6.45, 7) is 1.17. The van der Waals surface area contributed by atoms with Gasteiger partial charge in [0.25, 0.3) is 0 Å². The summed E-state index contributed by atoms with van der Waals surface area (Å²) in [7, 11) is 0. The first-order chi connectivity index (χ1) is 10.1. The lowest BCUT2D eigenvalue weighted by Gasteiger charge is -2.39. The lowest BCUT2D eigenvalue weighted by molar-refractivity contribution is -0.142. The van der Waals surface area contributed by atoms with Gasteiger partial charge in [0.15, 0.2) is 0 Å². The van der Waals surface area contributed by atoms with Crippen LogP contribution in [0.2, 0.25) is 0 Å². The molecule has 1 aromatic rings. The van der Waals surface area contributed by atoms with E-state index in [9.17, 15) is 14.4 Å². The highest BCUT2D eigenvalue weighted by Gasteiger charge is 2.46. The summed E-state index contributed by atoms with van der Waals surface area (Å²) in [5.74, 6) is -0.265. The summed E-state index contributed by atoms with van der Waals surface area (Å²) in [4.78, 5) is 14.2. The highest BCUT2D eigenvalue weighted by atomic mass is 19.1. The maximum Gasteiger partial charge on any atom is 0.243 e. The second kappa shape index (κ2) is 5.33. The van der Waals surface area contributed by atoms with Crippen molar-refractivity contribution < 1.29 is 9.18 Å². The molecule has 0 atom stereocenters. The molecule has 0 bridgehead atoms. The van der Waals surface area contributed by atoms with Crippen molar-refractivity contribution in [3.05, 3.63) is 41.7 Å². The van der Waals surface area contributed by atoms with Crippen molar-refractivity contribution in [1.29, 1.82) is 5.26 Å².